The SMILES string of the molecule is N[C@H](Cc1ccc(O)cc1)C(=O)Nc1ccsc1. The van der Waals surface area contributed by atoms with Crippen LogP contribution < -0.4 is 11.1 Å². The van der Waals surface area contributed by atoms with Gasteiger partial charge in [0.1, 0.15) is 5.75 Å². The van der Waals surface area contributed by atoms with Gasteiger partial charge in [-0.3, -0.25) is 4.79 Å². The van der Waals surface area contributed by atoms with Crippen molar-refractivity contribution in [1.82, 2.24) is 0 Å². The average Bonchev–Trinajstić information content (AvgIpc) is 2.85. The maximum atomic E-state index is 11.8. The molecule has 0 aliphatic rings. The molecule has 2 aromatic rings. The summed E-state index contributed by atoms with van der Waals surface area (Å²) in [7, 11) is 0. The van der Waals surface area contributed by atoms with Crippen LogP contribution >= 0.6 is 11.3 Å². The van der Waals surface area contributed by atoms with Gasteiger partial charge in [0.25, 0.3) is 0 Å². The zero-order valence-corrected chi connectivity index (χ0v) is 10.5. The molecule has 0 saturated carbocycles. The first kappa shape index (κ1) is 12.6. The lowest BCUT2D eigenvalue weighted by molar-refractivity contribution is -0.117. The van der Waals surface area contributed by atoms with Crippen LogP contribution in [0.1, 0.15) is 5.56 Å². The van der Waals surface area contributed by atoms with E-state index in [0.29, 0.717) is 6.42 Å². The average molecular weight is 262 g/mol. The predicted molar refractivity (Wildman–Crippen MR) is 72.7 cm³/mol. The normalized spacial score (nSPS) is 12.1. The fourth-order valence-electron chi connectivity index (χ4n) is 1.55. The van der Waals surface area contributed by atoms with Crippen molar-refractivity contribution in [3.63, 3.8) is 0 Å². The number of hydrogen-bond acceptors (Lipinski definition) is 4. The van der Waals surface area contributed by atoms with Crippen LogP contribution in [0.25, 0.3) is 0 Å². The molecular formula is C13H14N2O2S. The Morgan fingerprint density at radius 3 is 2.67 bits per heavy atom. The number of thiophene rings is 1. The first-order chi connectivity index (χ1) is 8.65. The molecule has 0 aliphatic heterocycles. The number of aromatic hydroxyl groups is 1. The van der Waals surface area contributed by atoms with Crippen LogP contribution in [0, 0.1) is 0 Å². The van der Waals surface area contributed by atoms with Crippen molar-refractivity contribution >= 4 is 22.9 Å². The van der Waals surface area contributed by atoms with Crippen molar-refractivity contribution in [2.24, 2.45) is 5.73 Å². The van der Waals surface area contributed by atoms with Crippen LogP contribution in [0.4, 0.5) is 5.69 Å². The Kier molecular flexibility index (Phi) is 3.96. The lowest BCUT2D eigenvalue weighted by Crippen LogP contribution is -2.37. The molecule has 0 radical (unpaired) electrons. The molecule has 0 bridgehead atoms. The lowest BCUT2D eigenvalue weighted by atomic mass is 10.1. The summed E-state index contributed by atoms with van der Waals surface area (Å²) in [5.74, 6) is -0.00322. The number of phenolic OH excluding ortho intramolecular Hbond substituents is 1. The maximum absolute atomic E-state index is 11.8. The van der Waals surface area contributed by atoms with Crippen molar-refractivity contribution in [1.29, 1.82) is 0 Å². The summed E-state index contributed by atoms with van der Waals surface area (Å²) < 4.78 is 0. The number of carbonyl (C=O) groups excluding carboxylic acids is 1. The van der Waals surface area contributed by atoms with E-state index in [9.17, 15) is 4.79 Å². The molecule has 1 amide bonds. The van der Waals surface area contributed by atoms with Crippen LogP contribution in [0.2, 0.25) is 0 Å². The fraction of sp³-hybridized carbons (Fsp3) is 0.154. The molecule has 5 heteroatoms. The van der Waals surface area contributed by atoms with Gasteiger partial charge in [0.05, 0.1) is 11.7 Å². The van der Waals surface area contributed by atoms with Crippen LogP contribution in [0.5, 0.6) is 5.75 Å². The van der Waals surface area contributed by atoms with Crippen LogP contribution in [0.15, 0.2) is 41.1 Å². The molecule has 1 aromatic heterocycles. The van der Waals surface area contributed by atoms with E-state index in [-0.39, 0.29) is 11.7 Å². The Labute approximate surface area is 109 Å². The Balaban J connectivity index is 1.93. The summed E-state index contributed by atoms with van der Waals surface area (Å²) in [6.45, 7) is 0. The summed E-state index contributed by atoms with van der Waals surface area (Å²) in [6, 6.07) is 7.91. The Hall–Kier alpha value is -1.85. The molecule has 0 aliphatic carbocycles. The van der Waals surface area contributed by atoms with E-state index >= 15 is 0 Å². The number of nitrogens with two attached hydrogens (primary N) is 1. The van der Waals surface area contributed by atoms with Crippen molar-refractivity contribution in [2.45, 2.75) is 12.5 Å². The maximum Gasteiger partial charge on any atom is 0.241 e. The largest absolute Gasteiger partial charge is 0.508 e. The second-order valence-corrected chi connectivity index (χ2v) is 4.76. The minimum Gasteiger partial charge on any atom is -0.508 e. The molecule has 0 unspecified atom stereocenters. The second-order valence-electron chi connectivity index (χ2n) is 3.98. The predicted octanol–water partition coefficient (Wildman–Crippen LogP) is 1.96. The zero-order valence-electron chi connectivity index (χ0n) is 9.67. The van der Waals surface area contributed by atoms with Crippen molar-refractivity contribution in [2.75, 3.05) is 5.32 Å². The third-order valence-electron chi connectivity index (χ3n) is 2.52. The zero-order chi connectivity index (χ0) is 13.0. The van der Waals surface area contributed by atoms with Gasteiger partial charge < -0.3 is 16.2 Å². The van der Waals surface area contributed by atoms with Gasteiger partial charge in [0, 0.05) is 5.38 Å². The summed E-state index contributed by atoms with van der Waals surface area (Å²) in [5, 5.41) is 15.7. The first-order valence-corrected chi connectivity index (χ1v) is 6.46. The van der Waals surface area contributed by atoms with Crippen molar-refractivity contribution < 1.29 is 9.90 Å². The smallest absolute Gasteiger partial charge is 0.241 e. The van der Waals surface area contributed by atoms with Crippen LogP contribution in [0.3, 0.4) is 0 Å². The summed E-state index contributed by atoms with van der Waals surface area (Å²) in [5.41, 5.74) is 7.52. The highest BCUT2D eigenvalue weighted by molar-refractivity contribution is 7.08. The van der Waals surface area contributed by atoms with Gasteiger partial charge in [-0.05, 0) is 35.6 Å². The Morgan fingerprint density at radius 1 is 1.33 bits per heavy atom. The van der Waals surface area contributed by atoms with Gasteiger partial charge in [-0.1, -0.05) is 12.1 Å². The second kappa shape index (κ2) is 5.66. The number of phenols is 1. The van der Waals surface area contributed by atoms with Gasteiger partial charge >= 0.3 is 0 Å². The lowest BCUT2D eigenvalue weighted by Gasteiger charge is -2.11. The van der Waals surface area contributed by atoms with Gasteiger partial charge in [-0.25, -0.2) is 0 Å². The molecule has 1 heterocycles. The highest BCUT2D eigenvalue weighted by Crippen LogP contribution is 2.14. The Bertz CT molecular complexity index is 508. The number of rotatable bonds is 4. The van der Waals surface area contributed by atoms with Crippen molar-refractivity contribution in [3.8, 4) is 5.75 Å². The number of carbonyl (C=O) groups is 1. The summed E-state index contributed by atoms with van der Waals surface area (Å²) >= 11 is 1.52. The van der Waals surface area contributed by atoms with Gasteiger partial charge in [0.2, 0.25) is 5.91 Å². The molecule has 4 nitrogen and oxygen atoms in total. The van der Waals surface area contributed by atoms with Crippen LogP contribution in [-0.2, 0) is 11.2 Å². The van der Waals surface area contributed by atoms with E-state index in [4.69, 9.17) is 10.8 Å². The minimum atomic E-state index is -0.602. The standard InChI is InChI=1S/C13H14N2O2S/c14-12(7-9-1-3-11(16)4-2-9)13(17)15-10-5-6-18-8-10/h1-6,8,12,16H,7,14H2,(H,15,17)/t12-/m1/s1. The molecule has 1 aromatic carbocycles. The van der Waals surface area contributed by atoms with Crippen LogP contribution in [-0.4, -0.2) is 17.1 Å². The molecule has 4 N–H and O–H groups in total. The molecule has 0 spiro atoms. The molecule has 0 fully saturated rings. The first-order valence-electron chi connectivity index (χ1n) is 5.51. The molecule has 2 rings (SSSR count). The van der Waals surface area contributed by atoms with Gasteiger partial charge in [-0.2, -0.15) is 11.3 Å². The molecule has 18 heavy (non-hydrogen) atoms. The number of benzene rings is 1. The number of hydrogen-bond donors (Lipinski definition) is 3. The van der Waals surface area contributed by atoms with E-state index in [2.05, 4.69) is 5.32 Å². The quantitative estimate of drug-likeness (QED) is 0.788. The molecule has 1 atom stereocenters. The minimum absolute atomic E-state index is 0.204. The van der Waals surface area contributed by atoms with E-state index in [1.165, 1.54) is 11.3 Å². The Morgan fingerprint density at radius 2 is 2.06 bits per heavy atom. The van der Waals surface area contributed by atoms with E-state index in [1.807, 2.05) is 16.8 Å². The van der Waals surface area contributed by atoms with Gasteiger partial charge in [0.15, 0.2) is 0 Å². The number of anilines is 1. The van der Waals surface area contributed by atoms with E-state index < -0.39 is 6.04 Å². The number of nitrogens with one attached hydrogen (secondary N) is 1. The number of amides is 1. The molecule has 94 valence electrons. The molecule has 0 saturated heterocycles. The topological polar surface area (TPSA) is 75.3 Å². The third-order valence-corrected chi connectivity index (χ3v) is 3.20. The van der Waals surface area contributed by atoms with Crippen molar-refractivity contribution in [3.05, 3.63) is 46.7 Å². The highest BCUT2D eigenvalue weighted by atomic mass is 32.1. The highest BCUT2D eigenvalue weighted by Gasteiger charge is 2.14. The van der Waals surface area contributed by atoms with Gasteiger partial charge in [-0.15, -0.1) is 0 Å². The fourth-order valence-corrected chi connectivity index (χ4v) is 2.14. The third kappa shape index (κ3) is 3.32. The van der Waals surface area contributed by atoms with E-state index in [1.54, 1.807) is 24.3 Å². The molecular weight excluding hydrogens is 248 g/mol. The summed E-state index contributed by atoms with van der Waals surface area (Å²) in [4.78, 5) is 11.8. The van der Waals surface area contributed by atoms with E-state index in [0.717, 1.165) is 11.3 Å². The summed E-state index contributed by atoms with van der Waals surface area (Å²) in [6.07, 6.45) is 0.441. The monoisotopic (exact) mass is 262 g/mol.